The van der Waals surface area contributed by atoms with Crippen molar-refractivity contribution in [2.45, 2.75) is 45.7 Å². The number of amides is 2. The summed E-state index contributed by atoms with van der Waals surface area (Å²) >= 11 is 0. The molecule has 1 aliphatic heterocycles. The monoisotopic (exact) mass is 358 g/mol. The largest absolute Gasteiger partial charge is 0.469 e. The van der Waals surface area contributed by atoms with E-state index in [2.05, 4.69) is 10.4 Å². The highest BCUT2D eigenvalue weighted by Crippen LogP contribution is 2.42. The van der Waals surface area contributed by atoms with E-state index in [-0.39, 0.29) is 29.3 Å². The standard InChI is InChI=1S/C19H26N4O3/c1-12-6-14(11-26-12)18(25)20-8-13-7-16(24)23(19(2,3)4)17(13)15-9-21-22(5)10-15/h6,9-11,13,17H,7-8H2,1-5H3,(H,20,25)/t13-,17+/m0/s1. The number of carbonyl (C=O) groups is 2. The summed E-state index contributed by atoms with van der Waals surface area (Å²) in [5.41, 5.74) is 1.18. The molecule has 7 heteroatoms. The van der Waals surface area contributed by atoms with Gasteiger partial charge in [-0.25, -0.2) is 0 Å². The number of furan rings is 1. The number of nitrogens with one attached hydrogen (secondary N) is 1. The minimum absolute atomic E-state index is 0.0112. The smallest absolute Gasteiger partial charge is 0.254 e. The molecule has 7 nitrogen and oxygen atoms in total. The molecule has 3 rings (SSSR count). The van der Waals surface area contributed by atoms with Crippen LogP contribution in [0, 0.1) is 12.8 Å². The van der Waals surface area contributed by atoms with Crippen LogP contribution in [0.1, 0.15) is 54.9 Å². The van der Waals surface area contributed by atoms with E-state index in [1.54, 1.807) is 23.9 Å². The second kappa shape index (κ2) is 6.63. The summed E-state index contributed by atoms with van der Waals surface area (Å²) in [7, 11) is 1.86. The van der Waals surface area contributed by atoms with Crippen molar-refractivity contribution in [3.8, 4) is 0 Å². The van der Waals surface area contributed by atoms with Gasteiger partial charge in [-0.2, -0.15) is 5.10 Å². The summed E-state index contributed by atoms with van der Waals surface area (Å²) in [4.78, 5) is 27.0. The van der Waals surface area contributed by atoms with Crippen molar-refractivity contribution < 1.29 is 14.0 Å². The van der Waals surface area contributed by atoms with Crippen molar-refractivity contribution in [1.82, 2.24) is 20.0 Å². The lowest BCUT2D eigenvalue weighted by atomic mass is 9.93. The molecule has 1 N–H and O–H groups in total. The molecule has 26 heavy (non-hydrogen) atoms. The van der Waals surface area contributed by atoms with E-state index in [1.807, 2.05) is 38.9 Å². The number of nitrogens with zero attached hydrogens (tertiary/aromatic N) is 3. The fourth-order valence-corrected chi connectivity index (χ4v) is 3.68. The number of rotatable bonds is 4. The molecule has 0 saturated carbocycles. The normalized spacial score (nSPS) is 20.7. The SMILES string of the molecule is Cc1cc(C(=O)NC[C@@H]2CC(=O)N(C(C)(C)C)[C@H]2c2cnn(C)c2)co1. The van der Waals surface area contributed by atoms with E-state index in [1.165, 1.54) is 6.26 Å². The van der Waals surface area contributed by atoms with Crippen LogP contribution < -0.4 is 5.32 Å². The third kappa shape index (κ3) is 3.52. The molecule has 1 aliphatic rings. The van der Waals surface area contributed by atoms with Crippen LogP contribution in [-0.2, 0) is 11.8 Å². The lowest BCUT2D eigenvalue weighted by Gasteiger charge is -2.38. The van der Waals surface area contributed by atoms with Crippen LogP contribution in [0.5, 0.6) is 0 Å². The Kier molecular flexibility index (Phi) is 4.64. The first kappa shape index (κ1) is 18.2. The molecular weight excluding hydrogens is 332 g/mol. The highest BCUT2D eigenvalue weighted by Gasteiger charge is 2.45. The van der Waals surface area contributed by atoms with Gasteiger partial charge in [0.05, 0.1) is 17.8 Å². The van der Waals surface area contributed by atoms with Crippen molar-refractivity contribution in [2.75, 3.05) is 6.54 Å². The van der Waals surface area contributed by atoms with E-state index >= 15 is 0 Å². The third-order valence-electron chi connectivity index (χ3n) is 4.74. The van der Waals surface area contributed by atoms with Gasteiger partial charge in [0.2, 0.25) is 5.91 Å². The van der Waals surface area contributed by atoms with E-state index < -0.39 is 0 Å². The Bertz CT molecular complexity index is 815. The number of carbonyl (C=O) groups excluding carboxylic acids is 2. The predicted octanol–water partition coefficient (Wildman–Crippen LogP) is 2.44. The van der Waals surface area contributed by atoms with Crippen LogP contribution in [0.25, 0.3) is 0 Å². The molecule has 0 radical (unpaired) electrons. The van der Waals surface area contributed by atoms with Gasteiger partial charge >= 0.3 is 0 Å². The van der Waals surface area contributed by atoms with Crippen LogP contribution in [-0.4, -0.2) is 38.6 Å². The molecule has 2 amide bonds. The molecule has 0 aliphatic carbocycles. The number of likely N-dealkylation sites (tertiary alicyclic amines) is 1. The van der Waals surface area contributed by atoms with Crippen LogP contribution in [0.4, 0.5) is 0 Å². The molecule has 0 unspecified atom stereocenters. The molecule has 1 saturated heterocycles. The van der Waals surface area contributed by atoms with Crippen LogP contribution in [0.2, 0.25) is 0 Å². The summed E-state index contributed by atoms with van der Waals surface area (Å²) in [6.45, 7) is 8.31. The topological polar surface area (TPSA) is 80.4 Å². The summed E-state index contributed by atoms with van der Waals surface area (Å²) < 4.78 is 6.93. The van der Waals surface area contributed by atoms with Gasteiger partial charge in [-0.15, -0.1) is 0 Å². The maximum atomic E-state index is 12.7. The molecule has 3 heterocycles. The lowest BCUT2D eigenvalue weighted by Crippen LogP contribution is -2.44. The Morgan fingerprint density at radius 2 is 2.15 bits per heavy atom. The predicted molar refractivity (Wildman–Crippen MR) is 96.4 cm³/mol. The minimum Gasteiger partial charge on any atom is -0.469 e. The van der Waals surface area contributed by atoms with Gasteiger partial charge in [0.1, 0.15) is 12.0 Å². The molecular formula is C19H26N4O3. The summed E-state index contributed by atoms with van der Waals surface area (Å²) in [5, 5.41) is 7.21. The lowest BCUT2D eigenvalue weighted by molar-refractivity contribution is -0.133. The van der Waals surface area contributed by atoms with Gasteiger partial charge in [-0.1, -0.05) is 0 Å². The second-order valence-corrected chi connectivity index (χ2v) is 7.95. The minimum atomic E-state index is -0.308. The van der Waals surface area contributed by atoms with Gasteiger partial charge in [-0.3, -0.25) is 14.3 Å². The van der Waals surface area contributed by atoms with E-state index in [0.717, 1.165) is 5.56 Å². The molecule has 140 valence electrons. The van der Waals surface area contributed by atoms with E-state index in [9.17, 15) is 9.59 Å². The third-order valence-corrected chi connectivity index (χ3v) is 4.74. The number of hydrogen-bond acceptors (Lipinski definition) is 4. The molecule has 0 spiro atoms. The van der Waals surface area contributed by atoms with Crippen molar-refractivity contribution in [1.29, 1.82) is 0 Å². The average Bonchev–Trinajstić information content (AvgIpc) is 3.22. The molecule has 2 atom stereocenters. The Morgan fingerprint density at radius 1 is 1.42 bits per heavy atom. The maximum Gasteiger partial charge on any atom is 0.254 e. The quantitative estimate of drug-likeness (QED) is 0.910. The fourth-order valence-electron chi connectivity index (χ4n) is 3.68. The molecule has 0 bridgehead atoms. The van der Waals surface area contributed by atoms with E-state index in [0.29, 0.717) is 24.3 Å². The summed E-state index contributed by atoms with van der Waals surface area (Å²) in [5.74, 6) is 0.597. The van der Waals surface area contributed by atoms with E-state index in [4.69, 9.17) is 4.42 Å². The first-order chi connectivity index (χ1) is 12.2. The summed E-state index contributed by atoms with van der Waals surface area (Å²) in [6, 6.07) is 1.59. The number of aromatic nitrogens is 2. The first-order valence-electron chi connectivity index (χ1n) is 8.81. The van der Waals surface area contributed by atoms with Gasteiger partial charge in [-0.05, 0) is 33.8 Å². The summed E-state index contributed by atoms with van der Waals surface area (Å²) in [6.07, 6.45) is 5.60. The molecule has 2 aromatic heterocycles. The first-order valence-corrected chi connectivity index (χ1v) is 8.81. The Hall–Kier alpha value is -2.57. The Morgan fingerprint density at radius 3 is 2.69 bits per heavy atom. The Balaban J connectivity index is 1.80. The zero-order chi connectivity index (χ0) is 19.1. The van der Waals surface area contributed by atoms with Crippen LogP contribution in [0.15, 0.2) is 29.1 Å². The van der Waals surface area contributed by atoms with Crippen molar-refractivity contribution in [2.24, 2.45) is 13.0 Å². The van der Waals surface area contributed by atoms with Crippen molar-refractivity contribution in [3.05, 3.63) is 41.6 Å². The molecule has 0 aromatic carbocycles. The number of aryl methyl sites for hydroxylation is 2. The maximum absolute atomic E-state index is 12.7. The van der Waals surface area contributed by atoms with Crippen molar-refractivity contribution in [3.63, 3.8) is 0 Å². The second-order valence-electron chi connectivity index (χ2n) is 7.95. The van der Waals surface area contributed by atoms with Crippen LogP contribution >= 0.6 is 0 Å². The fraction of sp³-hybridized carbons (Fsp3) is 0.526. The van der Waals surface area contributed by atoms with Gasteiger partial charge in [0, 0.05) is 43.2 Å². The average molecular weight is 358 g/mol. The molecule has 2 aromatic rings. The van der Waals surface area contributed by atoms with Gasteiger partial charge in [0.15, 0.2) is 0 Å². The van der Waals surface area contributed by atoms with Gasteiger partial charge < -0.3 is 14.6 Å². The van der Waals surface area contributed by atoms with Crippen LogP contribution in [0.3, 0.4) is 0 Å². The molecule has 1 fully saturated rings. The number of hydrogen-bond donors (Lipinski definition) is 1. The van der Waals surface area contributed by atoms with Gasteiger partial charge in [0.25, 0.3) is 5.91 Å². The highest BCUT2D eigenvalue weighted by molar-refractivity contribution is 5.94. The highest BCUT2D eigenvalue weighted by atomic mass is 16.3. The van der Waals surface area contributed by atoms with Crippen molar-refractivity contribution >= 4 is 11.8 Å². The zero-order valence-corrected chi connectivity index (χ0v) is 15.9. The zero-order valence-electron chi connectivity index (χ0n) is 15.9. The Labute approximate surface area is 153 Å².